The lowest BCUT2D eigenvalue weighted by Gasteiger charge is -2.09. The van der Waals surface area contributed by atoms with Crippen LogP contribution in [0.3, 0.4) is 0 Å². The Morgan fingerprint density at radius 1 is 0.353 bits per heavy atom. The normalized spacial score (nSPS) is 11.9. The van der Waals surface area contributed by atoms with Gasteiger partial charge in [-0.3, -0.25) is 0 Å². The van der Waals surface area contributed by atoms with E-state index in [1.54, 1.807) is 11.3 Å². The van der Waals surface area contributed by atoms with Crippen molar-refractivity contribution in [3.8, 4) is 45.3 Å². The van der Waals surface area contributed by atoms with Crippen LogP contribution in [0.15, 0.2) is 156 Å². The Bertz CT molecular complexity index is 3160. The minimum Gasteiger partial charge on any atom is -0.455 e. The fourth-order valence-corrected chi connectivity index (χ4v) is 9.43. The summed E-state index contributed by atoms with van der Waals surface area (Å²) in [6.07, 6.45) is 0. The molecule has 11 aromatic rings. The molecule has 6 heteroatoms. The summed E-state index contributed by atoms with van der Waals surface area (Å²) in [5, 5.41) is 7.12. The summed E-state index contributed by atoms with van der Waals surface area (Å²) in [5.74, 6) is 1.97. The number of fused-ring (bicyclic) bond motifs is 9. The van der Waals surface area contributed by atoms with Crippen molar-refractivity contribution in [2.24, 2.45) is 0 Å². The second-order valence-corrected chi connectivity index (χ2v) is 15.0. The van der Waals surface area contributed by atoms with Gasteiger partial charge in [0.25, 0.3) is 0 Å². The molecule has 0 saturated carbocycles. The molecule has 0 aliphatic heterocycles. The maximum atomic E-state index is 6.41. The van der Waals surface area contributed by atoms with Crippen molar-refractivity contribution < 1.29 is 4.42 Å². The van der Waals surface area contributed by atoms with Crippen LogP contribution in [0.5, 0.6) is 0 Å². The summed E-state index contributed by atoms with van der Waals surface area (Å²) in [5.41, 5.74) is 6.91. The molecule has 0 radical (unpaired) electrons. The number of benzene rings is 7. The highest BCUT2D eigenvalue weighted by Crippen LogP contribution is 2.41. The van der Waals surface area contributed by atoms with Crippen LogP contribution >= 0.6 is 22.7 Å². The first-order valence-corrected chi connectivity index (χ1v) is 18.5. The van der Waals surface area contributed by atoms with Gasteiger partial charge < -0.3 is 4.42 Å². The zero-order valence-electron chi connectivity index (χ0n) is 27.0. The van der Waals surface area contributed by atoms with Crippen molar-refractivity contribution in [3.63, 3.8) is 0 Å². The number of nitrogens with zero attached hydrogens (tertiary/aromatic N) is 3. The molecule has 0 unspecified atom stereocenters. The first-order chi connectivity index (χ1) is 25.2. The highest BCUT2D eigenvalue weighted by Gasteiger charge is 2.17. The van der Waals surface area contributed by atoms with Gasteiger partial charge in [0.05, 0.1) is 0 Å². The standard InChI is InChI=1S/C45H25N3OS2/c1-2-9-26(10-3-1)43-46-44(28-18-21-39-34(24-28)32-12-5-7-16-38(32)50-39)48-45(47-43)29-19-22-41-36(25-29)35-23-27(17-20-40(35)51-41)30-13-8-14-33-31-11-4-6-15-37(31)49-42(30)33/h1-25H. The molecule has 4 aromatic heterocycles. The first-order valence-electron chi connectivity index (χ1n) is 16.8. The molecule has 0 N–H and O–H groups in total. The highest BCUT2D eigenvalue weighted by molar-refractivity contribution is 7.26. The maximum absolute atomic E-state index is 6.41. The Morgan fingerprint density at radius 3 is 1.57 bits per heavy atom. The van der Waals surface area contributed by atoms with Crippen LogP contribution in [-0.4, -0.2) is 15.0 Å². The molecule has 238 valence electrons. The van der Waals surface area contributed by atoms with Crippen LogP contribution in [0.4, 0.5) is 0 Å². The second-order valence-electron chi connectivity index (χ2n) is 12.8. The summed E-state index contributed by atoms with van der Waals surface area (Å²) in [4.78, 5) is 15.2. The number of para-hydroxylation sites is 2. The van der Waals surface area contributed by atoms with Gasteiger partial charge in [-0.1, -0.05) is 91.0 Å². The Morgan fingerprint density at radius 2 is 0.863 bits per heavy atom. The van der Waals surface area contributed by atoms with E-state index in [1.807, 2.05) is 41.7 Å². The highest BCUT2D eigenvalue weighted by atomic mass is 32.1. The van der Waals surface area contributed by atoms with Gasteiger partial charge in [0.2, 0.25) is 0 Å². The smallest absolute Gasteiger partial charge is 0.164 e. The first kappa shape index (κ1) is 28.6. The van der Waals surface area contributed by atoms with E-state index in [-0.39, 0.29) is 0 Å². The lowest BCUT2D eigenvalue weighted by molar-refractivity contribution is 0.670. The van der Waals surface area contributed by atoms with Crippen LogP contribution in [0.1, 0.15) is 0 Å². The van der Waals surface area contributed by atoms with Gasteiger partial charge in [-0.2, -0.15) is 0 Å². The van der Waals surface area contributed by atoms with Crippen LogP contribution in [-0.2, 0) is 0 Å². The quantitative estimate of drug-likeness (QED) is 0.185. The molecule has 0 aliphatic rings. The Balaban J connectivity index is 1.08. The molecule has 4 nitrogen and oxygen atoms in total. The van der Waals surface area contributed by atoms with Crippen molar-refractivity contribution in [2.75, 3.05) is 0 Å². The van der Waals surface area contributed by atoms with Gasteiger partial charge in [-0.15, -0.1) is 22.7 Å². The third-order valence-electron chi connectivity index (χ3n) is 9.75. The van der Waals surface area contributed by atoms with Crippen LogP contribution in [0.2, 0.25) is 0 Å². The summed E-state index contributed by atoms with van der Waals surface area (Å²) in [7, 11) is 0. The predicted molar refractivity (Wildman–Crippen MR) is 215 cm³/mol. The molecule has 4 heterocycles. The van der Waals surface area contributed by atoms with Crippen molar-refractivity contribution in [3.05, 3.63) is 152 Å². The topological polar surface area (TPSA) is 51.8 Å². The Hall–Kier alpha value is -6.21. The van der Waals surface area contributed by atoms with Gasteiger partial charge in [-0.25, -0.2) is 15.0 Å². The fraction of sp³-hybridized carbons (Fsp3) is 0. The van der Waals surface area contributed by atoms with Crippen LogP contribution in [0.25, 0.3) is 108 Å². The van der Waals surface area contributed by atoms with Crippen LogP contribution < -0.4 is 0 Å². The number of thiophene rings is 2. The molecule has 0 atom stereocenters. The largest absolute Gasteiger partial charge is 0.455 e. The maximum Gasteiger partial charge on any atom is 0.164 e. The van der Waals surface area contributed by atoms with Gasteiger partial charge in [0, 0.05) is 73.4 Å². The zero-order valence-corrected chi connectivity index (χ0v) is 28.6. The van der Waals surface area contributed by atoms with Crippen molar-refractivity contribution in [1.82, 2.24) is 15.0 Å². The lowest BCUT2D eigenvalue weighted by Crippen LogP contribution is -2.00. The molecule has 0 spiro atoms. The monoisotopic (exact) mass is 687 g/mol. The van der Waals surface area contributed by atoms with E-state index in [9.17, 15) is 0 Å². The van der Waals surface area contributed by atoms with Gasteiger partial charge >= 0.3 is 0 Å². The van der Waals surface area contributed by atoms with E-state index in [4.69, 9.17) is 19.4 Å². The van der Waals surface area contributed by atoms with Crippen molar-refractivity contribution in [2.45, 2.75) is 0 Å². The molecule has 0 fully saturated rings. The van der Waals surface area contributed by atoms with Crippen LogP contribution in [0, 0.1) is 0 Å². The molecule has 0 saturated heterocycles. The van der Waals surface area contributed by atoms with E-state index < -0.39 is 0 Å². The molecule has 51 heavy (non-hydrogen) atoms. The molecule has 0 aliphatic carbocycles. The summed E-state index contributed by atoms with van der Waals surface area (Å²) >= 11 is 3.62. The minimum atomic E-state index is 0.651. The average molecular weight is 688 g/mol. The number of aromatic nitrogens is 3. The third kappa shape index (κ3) is 4.61. The molecule has 0 amide bonds. The van der Waals surface area contributed by atoms with Crippen molar-refractivity contribution >= 4 is 85.0 Å². The third-order valence-corrected chi connectivity index (χ3v) is 12.0. The molecular weight excluding hydrogens is 663 g/mol. The number of rotatable bonds is 4. The van der Waals surface area contributed by atoms with Gasteiger partial charge in [-0.05, 0) is 66.2 Å². The SMILES string of the molecule is c1ccc(-c2nc(-c3ccc4sc5ccccc5c4c3)nc(-c3ccc4sc5ccc(-c6cccc7c6oc6ccccc67)cc5c4c3)n2)cc1. The second kappa shape index (κ2) is 11.2. The minimum absolute atomic E-state index is 0.651. The Kier molecular flexibility index (Phi) is 6.26. The fourth-order valence-electron chi connectivity index (χ4n) is 7.27. The molecular formula is C45H25N3OS2. The summed E-state index contributed by atoms with van der Waals surface area (Å²) in [6, 6.07) is 53.2. The van der Waals surface area contributed by atoms with Gasteiger partial charge in [0.15, 0.2) is 17.5 Å². The van der Waals surface area contributed by atoms with Crippen molar-refractivity contribution in [1.29, 1.82) is 0 Å². The van der Waals surface area contributed by atoms with E-state index in [0.29, 0.717) is 17.5 Å². The average Bonchev–Trinajstić information content (AvgIpc) is 3.88. The molecule has 7 aromatic carbocycles. The van der Waals surface area contributed by atoms with E-state index in [2.05, 4.69) is 121 Å². The molecule has 0 bridgehead atoms. The lowest BCUT2D eigenvalue weighted by atomic mass is 10.00. The summed E-state index contributed by atoms with van der Waals surface area (Å²) in [6.45, 7) is 0. The molecule has 11 rings (SSSR count). The summed E-state index contributed by atoms with van der Waals surface area (Å²) < 4.78 is 11.4. The van der Waals surface area contributed by atoms with E-state index in [0.717, 1.165) is 49.8 Å². The number of hydrogen-bond donors (Lipinski definition) is 0. The zero-order chi connectivity index (χ0) is 33.5. The van der Waals surface area contributed by atoms with E-state index in [1.165, 1.54) is 40.3 Å². The number of furan rings is 1. The van der Waals surface area contributed by atoms with E-state index >= 15 is 0 Å². The Labute approximate surface area is 299 Å². The van der Waals surface area contributed by atoms with Gasteiger partial charge in [0.1, 0.15) is 11.2 Å². The predicted octanol–water partition coefficient (Wildman–Crippen LogP) is 13.2. The number of hydrogen-bond acceptors (Lipinski definition) is 6.